The molecule has 2 aromatic rings. The number of rotatable bonds is 7. The lowest BCUT2D eigenvalue weighted by Crippen LogP contribution is -2.41. The third kappa shape index (κ3) is 5.65. The van der Waals surface area contributed by atoms with E-state index in [2.05, 4.69) is 5.32 Å². The first-order valence-corrected chi connectivity index (χ1v) is 12.7. The average Bonchev–Trinajstić information content (AvgIpc) is 3.21. The van der Waals surface area contributed by atoms with Gasteiger partial charge in [0.25, 0.3) is 10.0 Å². The van der Waals surface area contributed by atoms with E-state index in [0.717, 1.165) is 11.3 Å². The molecule has 10 heteroatoms. The second-order valence-corrected chi connectivity index (χ2v) is 11.3. The first kappa shape index (κ1) is 23.7. The molecule has 1 saturated heterocycles. The number of carbonyl (C=O) groups excluding carboxylic acids is 2. The van der Waals surface area contributed by atoms with Gasteiger partial charge >= 0.3 is 5.97 Å². The summed E-state index contributed by atoms with van der Waals surface area (Å²) in [4.78, 5) is 24.6. The van der Waals surface area contributed by atoms with Gasteiger partial charge < -0.3 is 10.1 Å². The number of nitrogens with one attached hydrogen (secondary N) is 1. The number of hydrogen-bond donors (Lipinski definition) is 1. The van der Waals surface area contributed by atoms with Crippen LogP contribution in [0.2, 0.25) is 4.34 Å². The summed E-state index contributed by atoms with van der Waals surface area (Å²) in [5, 5.41) is 2.85. The second-order valence-electron chi connectivity index (χ2n) is 7.38. The monoisotopic (exact) mass is 484 g/mol. The molecule has 1 aliphatic heterocycles. The summed E-state index contributed by atoms with van der Waals surface area (Å²) in [7, 11) is -3.55. The van der Waals surface area contributed by atoms with Crippen molar-refractivity contribution in [3.63, 3.8) is 0 Å². The predicted molar refractivity (Wildman–Crippen MR) is 121 cm³/mol. The van der Waals surface area contributed by atoms with Crippen LogP contribution in [0.3, 0.4) is 0 Å². The third-order valence-corrected chi connectivity index (χ3v) is 9.00. The van der Waals surface area contributed by atoms with Gasteiger partial charge in [0, 0.05) is 24.7 Å². The van der Waals surface area contributed by atoms with E-state index in [0.29, 0.717) is 41.5 Å². The summed E-state index contributed by atoms with van der Waals surface area (Å²) in [5.41, 5.74) is 0.900. The summed E-state index contributed by atoms with van der Waals surface area (Å²) >= 11 is 6.93. The maximum atomic E-state index is 12.7. The quantitative estimate of drug-likeness (QED) is 0.593. The van der Waals surface area contributed by atoms with Gasteiger partial charge in [0.2, 0.25) is 5.91 Å². The Morgan fingerprint density at radius 2 is 1.97 bits per heavy atom. The SMILES string of the molecule is CCOC(=O)c1cccc(NC(=O)[C@@H](C)C2CCN(S(=O)(=O)c3ccc(Cl)s3)CC2)c1. The molecule has 31 heavy (non-hydrogen) atoms. The van der Waals surface area contributed by atoms with Gasteiger partial charge in [-0.15, -0.1) is 11.3 Å². The molecule has 0 bridgehead atoms. The molecule has 1 N–H and O–H groups in total. The van der Waals surface area contributed by atoms with Crippen LogP contribution < -0.4 is 5.32 Å². The number of sulfonamides is 1. The van der Waals surface area contributed by atoms with Gasteiger partial charge in [-0.2, -0.15) is 4.31 Å². The van der Waals surface area contributed by atoms with Gasteiger partial charge in [-0.3, -0.25) is 4.79 Å². The lowest BCUT2D eigenvalue weighted by atomic mass is 9.85. The molecule has 2 heterocycles. The van der Waals surface area contributed by atoms with Crippen molar-refractivity contribution in [3.05, 3.63) is 46.3 Å². The van der Waals surface area contributed by atoms with Crippen LogP contribution in [0.4, 0.5) is 5.69 Å². The van der Waals surface area contributed by atoms with Gasteiger partial charge in [-0.05, 0) is 56.0 Å². The minimum atomic E-state index is -3.55. The molecule has 3 rings (SSSR count). The fourth-order valence-corrected chi connectivity index (χ4v) is 6.70. The van der Waals surface area contributed by atoms with Crippen LogP contribution in [-0.2, 0) is 19.6 Å². The van der Waals surface area contributed by atoms with Crippen LogP contribution in [0, 0.1) is 11.8 Å². The number of ether oxygens (including phenoxy) is 1. The van der Waals surface area contributed by atoms with Gasteiger partial charge in [0.05, 0.1) is 16.5 Å². The van der Waals surface area contributed by atoms with Gasteiger partial charge in [0.15, 0.2) is 0 Å². The second kappa shape index (κ2) is 10.1. The highest BCUT2D eigenvalue weighted by atomic mass is 35.5. The molecule has 0 spiro atoms. The summed E-state index contributed by atoms with van der Waals surface area (Å²) in [6, 6.07) is 9.73. The molecule has 1 aromatic heterocycles. The number of amides is 1. The largest absolute Gasteiger partial charge is 0.462 e. The molecule has 1 amide bonds. The summed E-state index contributed by atoms with van der Waals surface area (Å²) in [5.74, 6) is -0.835. The number of hydrogen-bond acceptors (Lipinski definition) is 6. The van der Waals surface area contributed by atoms with E-state index < -0.39 is 16.0 Å². The van der Waals surface area contributed by atoms with Crippen LogP contribution in [-0.4, -0.2) is 44.3 Å². The van der Waals surface area contributed by atoms with Crippen molar-refractivity contribution < 1.29 is 22.7 Å². The number of thiophene rings is 1. The highest BCUT2D eigenvalue weighted by molar-refractivity contribution is 7.91. The maximum absolute atomic E-state index is 12.7. The van der Waals surface area contributed by atoms with Crippen LogP contribution in [0.1, 0.15) is 37.0 Å². The van der Waals surface area contributed by atoms with Gasteiger partial charge in [-0.25, -0.2) is 13.2 Å². The Kier molecular flexibility index (Phi) is 7.74. The van der Waals surface area contributed by atoms with Crippen molar-refractivity contribution in [2.24, 2.45) is 11.8 Å². The molecule has 1 aromatic carbocycles. The molecule has 168 valence electrons. The van der Waals surface area contributed by atoms with E-state index >= 15 is 0 Å². The van der Waals surface area contributed by atoms with E-state index in [-0.39, 0.29) is 28.6 Å². The van der Waals surface area contributed by atoms with E-state index in [1.165, 1.54) is 10.4 Å². The lowest BCUT2D eigenvalue weighted by molar-refractivity contribution is -0.121. The standard InChI is InChI=1S/C21H25ClN2O5S2/c1-3-29-21(26)16-5-4-6-17(13-16)23-20(25)14(2)15-9-11-24(12-10-15)31(27,28)19-8-7-18(22)30-19/h4-8,13-15H,3,9-12H2,1-2H3,(H,23,25)/t14-/m0/s1. The zero-order chi connectivity index (χ0) is 22.6. The smallest absolute Gasteiger partial charge is 0.338 e. The van der Waals surface area contributed by atoms with E-state index in [1.54, 1.807) is 37.3 Å². The molecular formula is C21H25ClN2O5S2. The summed E-state index contributed by atoms with van der Waals surface area (Å²) < 4.78 is 32.6. The van der Waals surface area contributed by atoms with Crippen molar-refractivity contribution in [2.45, 2.75) is 30.9 Å². The number of nitrogens with zero attached hydrogens (tertiary/aromatic N) is 1. The normalized spacial score (nSPS) is 16.6. The molecular weight excluding hydrogens is 460 g/mol. The molecule has 1 fully saturated rings. The van der Waals surface area contributed by atoms with Crippen molar-refractivity contribution in [3.8, 4) is 0 Å². The lowest BCUT2D eigenvalue weighted by Gasteiger charge is -2.33. The Hall–Kier alpha value is -1.94. The maximum Gasteiger partial charge on any atom is 0.338 e. The zero-order valence-electron chi connectivity index (χ0n) is 17.3. The molecule has 0 radical (unpaired) electrons. The highest BCUT2D eigenvalue weighted by Crippen LogP contribution is 2.32. The van der Waals surface area contributed by atoms with Gasteiger partial charge in [0.1, 0.15) is 4.21 Å². The summed E-state index contributed by atoms with van der Waals surface area (Å²) in [6.45, 7) is 4.58. The van der Waals surface area contributed by atoms with Crippen molar-refractivity contribution in [1.82, 2.24) is 4.31 Å². The average molecular weight is 485 g/mol. The summed E-state index contributed by atoms with van der Waals surface area (Å²) in [6.07, 6.45) is 1.19. The first-order valence-electron chi connectivity index (χ1n) is 10.1. The molecule has 1 aliphatic rings. The van der Waals surface area contributed by atoms with Crippen LogP contribution in [0.25, 0.3) is 0 Å². The number of anilines is 1. The van der Waals surface area contributed by atoms with Crippen molar-refractivity contribution in [1.29, 1.82) is 0 Å². The zero-order valence-corrected chi connectivity index (χ0v) is 19.7. The molecule has 0 aliphatic carbocycles. The number of piperidine rings is 1. The minimum Gasteiger partial charge on any atom is -0.462 e. The molecule has 1 atom stereocenters. The fourth-order valence-electron chi connectivity index (χ4n) is 3.59. The topological polar surface area (TPSA) is 92.8 Å². The first-order chi connectivity index (χ1) is 14.7. The van der Waals surface area contributed by atoms with Crippen LogP contribution in [0.5, 0.6) is 0 Å². The number of esters is 1. The van der Waals surface area contributed by atoms with Crippen LogP contribution >= 0.6 is 22.9 Å². The minimum absolute atomic E-state index is 0.0617. The Morgan fingerprint density at radius 1 is 1.26 bits per heavy atom. The Balaban J connectivity index is 1.58. The van der Waals surface area contributed by atoms with Crippen molar-refractivity contribution >= 4 is 50.5 Å². The Bertz CT molecular complexity index is 1050. The van der Waals surface area contributed by atoms with E-state index in [9.17, 15) is 18.0 Å². The van der Waals surface area contributed by atoms with E-state index in [4.69, 9.17) is 16.3 Å². The van der Waals surface area contributed by atoms with Crippen LogP contribution in [0.15, 0.2) is 40.6 Å². The van der Waals surface area contributed by atoms with Crippen molar-refractivity contribution in [2.75, 3.05) is 25.0 Å². The molecule has 0 saturated carbocycles. The highest BCUT2D eigenvalue weighted by Gasteiger charge is 2.34. The molecule has 7 nitrogen and oxygen atoms in total. The Labute approximate surface area is 191 Å². The predicted octanol–water partition coefficient (Wildman–Crippen LogP) is 4.25. The van der Waals surface area contributed by atoms with E-state index in [1.807, 2.05) is 6.92 Å². The Morgan fingerprint density at radius 3 is 2.58 bits per heavy atom. The van der Waals surface area contributed by atoms with Gasteiger partial charge in [-0.1, -0.05) is 24.6 Å². The number of halogens is 1. The number of carbonyl (C=O) groups is 2. The molecule has 0 unspecified atom stereocenters. The third-order valence-electron chi connectivity index (χ3n) is 5.40. The fraction of sp³-hybridized carbons (Fsp3) is 0.429. The number of benzene rings is 1.